The average molecular weight is 210 g/mol. The van der Waals surface area contributed by atoms with Crippen molar-refractivity contribution in [2.24, 2.45) is 5.92 Å². The molecule has 0 aliphatic rings. The van der Waals surface area contributed by atoms with Crippen LogP contribution in [0.1, 0.15) is 6.92 Å². The molecular weight excluding hydrogens is 198 g/mol. The Morgan fingerprint density at radius 1 is 1.64 bits per heavy atom. The first-order valence-corrected chi connectivity index (χ1v) is 4.73. The molecule has 1 unspecified atom stereocenters. The molecule has 74 valence electrons. The average Bonchev–Trinajstić information content (AvgIpc) is 2.18. The van der Waals surface area contributed by atoms with Gasteiger partial charge < -0.3 is 4.90 Å². The van der Waals surface area contributed by atoms with Crippen LogP contribution in [0.25, 0.3) is 0 Å². The first-order valence-electron chi connectivity index (χ1n) is 4.36. The summed E-state index contributed by atoms with van der Waals surface area (Å²) in [5.74, 6) is 0.828. The molecule has 0 aromatic carbocycles. The number of aromatic nitrogens is 1. The van der Waals surface area contributed by atoms with Gasteiger partial charge in [0.15, 0.2) is 0 Å². The van der Waals surface area contributed by atoms with Gasteiger partial charge in [0.25, 0.3) is 0 Å². The monoisotopic (exact) mass is 209 g/mol. The van der Waals surface area contributed by atoms with Crippen molar-refractivity contribution in [1.29, 1.82) is 5.26 Å². The van der Waals surface area contributed by atoms with Crippen molar-refractivity contribution in [1.82, 2.24) is 4.98 Å². The Morgan fingerprint density at radius 2 is 2.36 bits per heavy atom. The molecule has 0 aliphatic heterocycles. The van der Waals surface area contributed by atoms with Gasteiger partial charge in [-0.1, -0.05) is 11.6 Å². The quantitative estimate of drug-likeness (QED) is 0.767. The van der Waals surface area contributed by atoms with E-state index in [1.54, 1.807) is 12.3 Å². The van der Waals surface area contributed by atoms with E-state index in [1.807, 2.05) is 24.9 Å². The number of halogens is 1. The van der Waals surface area contributed by atoms with Gasteiger partial charge in [0, 0.05) is 19.8 Å². The van der Waals surface area contributed by atoms with Crippen molar-refractivity contribution < 1.29 is 0 Å². The van der Waals surface area contributed by atoms with Crippen molar-refractivity contribution >= 4 is 17.4 Å². The van der Waals surface area contributed by atoms with E-state index in [-0.39, 0.29) is 5.92 Å². The lowest BCUT2D eigenvalue weighted by molar-refractivity contribution is 0.710. The summed E-state index contributed by atoms with van der Waals surface area (Å²) in [6, 6.07) is 5.81. The molecule has 1 rings (SSSR count). The van der Waals surface area contributed by atoms with Crippen LogP contribution in [0.5, 0.6) is 0 Å². The number of hydrogen-bond donors (Lipinski definition) is 0. The highest BCUT2D eigenvalue weighted by atomic mass is 35.5. The zero-order valence-electron chi connectivity index (χ0n) is 8.24. The first kappa shape index (κ1) is 10.8. The smallest absolute Gasteiger partial charge is 0.128 e. The van der Waals surface area contributed by atoms with Crippen molar-refractivity contribution in [3.63, 3.8) is 0 Å². The summed E-state index contributed by atoms with van der Waals surface area (Å²) in [6.07, 6.45) is 1.60. The molecule has 0 aliphatic carbocycles. The Morgan fingerprint density at radius 3 is 2.86 bits per heavy atom. The van der Waals surface area contributed by atoms with E-state index in [9.17, 15) is 0 Å². The topological polar surface area (TPSA) is 39.9 Å². The van der Waals surface area contributed by atoms with Gasteiger partial charge in [0.05, 0.1) is 17.0 Å². The van der Waals surface area contributed by atoms with E-state index in [4.69, 9.17) is 16.9 Å². The van der Waals surface area contributed by atoms with Crippen molar-refractivity contribution in [3.8, 4) is 6.07 Å². The third kappa shape index (κ3) is 2.90. The summed E-state index contributed by atoms with van der Waals surface area (Å²) >= 11 is 5.72. The molecule has 14 heavy (non-hydrogen) atoms. The molecule has 0 fully saturated rings. The van der Waals surface area contributed by atoms with Gasteiger partial charge in [0.1, 0.15) is 5.82 Å². The van der Waals surface area contributed by atoms with E-state index in [0.29, 0.717) is 11.6 Å². The standard InChI is InChI=1S/C10H12ClN3/c1-8(5-12)7-14(2)10-4-3-9(11)6-13-10/h3-4,6,8H,7H2,1-2H3. The normalized spacial score (nSPS) is 11.9. The fourth-order valence-corrected chi connectivity index (χ4v) is 1.25. The first-order chi connectivity index (χ1) is 6.63. The maximum absolute atomic E-state index is 8.66. The molecule has 1 heterocycles. The van der Waals surface area contributed by atoms with Crippen LogP contribution in [0.15, 0.2) is 18.3 Å². The zero-order valence-corrected chi connectivity index (χ0v) is 8.99. The van der Waals surface area contributed by atoms with Gasteiger partial charge in [-0.05, 0) is 19.1 Å². The number of rotatable bonds is 3. The largest absolute Gasteiger partial charge is 0.358 e. The fourth-order valence-electron chi connectivity index (χ4n) is 1.14. The second-order valence-corrected chi connectivity index (χ2v) is 3.68. The molecular formula is C10H12ClN3. The molecule has 0 radical (unpaired) electrons. The van der Waals surface area contributed by atoms with Crippen LogP contribution >= 0.6 is 11.6 Å². The summed E-state index contributed by atoms with van der Waals surface area (Å²) in [4.78, 5) is 6.08. The highest BCUT2D eigenvalue weighted by Crippen LogP contribution is 2.13. The number of nitrogens with zero attached hydrogens (tertiary/aromatic N) is 3. The Kier molecular flexibility index (Phi) is 3.73. The molecule has 0 saturated carbocycles. The maximum atomic E-state index is 8.66. The van der Waals surface area contributed by atoms with Gasteiger partial charge >= 0.3 is 0 Å². The highest BCUT2D eigenvalue weighted by Gasteiger charge is 2.06. The van der Waals surface area contributed by atoms with Gasteiger partial charge in [-0.25, -0.2) is 4.98 Å². The lowest BCUT2D eigenvalue weighted by Crippen LogP contribution is -2.23. The lowest BCUT2D eigenvalue weighted by Gasteiger charge is -2.18. The summed E-state index contributed by atoms with van der Waals surface area (Å²) in [5, 5.41) is 9.28. The molecule has 0 bridgehead atoms. The highest BCUT2D eigenvalue weighted by molar-refractivity contribution is 6.30. The van der Waals surface area contributed by atoms with Crippen LogP contribution in [-0.2, 0) is 0 Å². The second-order valence-electron chi connectivity index (χ2n) is 3.25. The third-order valence-corrected chi connectivity index (χ3v) is 2.09. The minimum atomic E-state index is -0.00234. The molecule has 0 N–H and O–H groups in total. The summed E-state index contributed by atoms with van der Waals surface area (Å²) in [5.41, 5.74) is 0. The summed E-state index contributed by atoms with van der Waals surface area (Å²) in [6.45, 7) is 2.55. The van der Waals surface area contributed by atoms with Crippen molar-refractivity contribution in [3.05, 3.63) is 23.4 Å². The number of anilines is 1. The SMILES string of the molecule is CC(C#N)CN(C)c1ccc(Cl)cn1. The minimum Gasteiger partial charge on any atom is -0.358 e. The van der Waals surface area contributed by atoms with Crippen LogP contribution in [0.2, 0.25) is 5.02 Å². The number of hydrogen-bond acceptors (Lipinski definition) is 3. The van der Waals surface area contributed by atoms with Gasteiger partial charge in [-0.15, -0.1) is 0 Å². The molecule has 3 nitrogen and oxygen atoms in total. The Bertz CT molecular complexity index is 328. The number of pyridine rings is 1. The second kappa shape index (κ2) is 4.83. The van der Waals surface area contributed by atoms with Crippen LogP contribution in [0, 0.1) is 17.2 Å². The lowest BCUT2D eigenvalue weighted by atomic mass is 10.2. The van der Waals surface area contributed by atoms with Crippen LogP contribution in [0.4, 0.5) is 5.82 Å². The molecule has 1 aromatic heterocycles. The van der Waals surface area contributed by atoms with Crippen LogP contribution in [-0.4, -0.2) is 18.6 Å². The molecule has 0 spiro atoms. The maximum Gasteiger partial charge on any atom is 0.128 e. The van der Waals surface area contributed by atoms with Gasteiger partial charge in [-0.3, -0.25) is 0 Å². The van der Waals surface area contributed by atoms with E-state index in [1.165, 1.54) is 0 Å². The molecule has 0 amide bonds. The predicted molar refractivity (Wildman–Crippen MR) is 57.3 cm³/mol. The zero-order chi connectivity index (χ0) is 10.6. The summed E-state index contributed by atoms with van der Waals surface area (Å²) < 4.78 is 0. The minimum absolute atomic E-state index is 0.00234. The van der Waals surface area contributed by atoms with E-state index in [2.05, 4.69) is 11.1 Å². The molecule has 1 atom stereocenters. The van der Waals surface area contributed by atoms with Crippen molar-refractivity contribution in [2.75, 3.05) is 18.5 Å². The van der Waals surface area contributed by atoms with Gasteiger partial charge in [-0.2, -0.15) is 5.26 Å². The van der Waals surface area contributed by atoms with Crippen LogP contribution < -0.4 is 4.90 Å². The molecule has 0 saturated heterocycles. The Hall–Kier alpha value is -1.27. The third-order valence-electron chi connectivity index (χ3n) is 1.87. The van der Waals surface area contributed by atoms with E-state index < -0.39 is 0 Å². The predicted octanol–water partition coefficient (Wildman–Crippen LogP) is 2.33. The van der Waals surface area contributed by atoms with Crippen molar-refractivity contribution in [2.45, 2.75) is 6.92 Å². The Labute approximate surface area is 88.9 Å². The van der Waals surface area contributed by atoms with Crippen LogP contribution in [0.3, 0.4) is 0 Å². The fraction of sp³-hybridized carbons (Fsp3) is 0.400. The van der Waals surface area contributed by atoms with E-state index >= 15 is 0 Å². The van der Waals surface area contributed by atoms with Gasteiger partial charge in [0.2, 0.25) is 0 Å². The summed E-state index contributed by atoms with van der Waals surface area (Å²) in [7, 11) is 1.91. The number of nitriles is 1. The Balaban J connectivity index is 2.66. The molecule has 4 heteroatoms. The molecule has 1 aromatic rings. The van der Waals surface area contributed by atoms with E-state index in [0.717, 1.165) is 5.82 Å².